The summed E-state index contributed by atoms with van der Waals surface area (Å²) in [7, 11) is 0. The van der Waals surface area contributed by atoms with Gasteiger partial charge in [-0.05, 0) is 41.7 Å². The first-order chi connectivity index (χ1) is 12.2. The summed E-state index contributed by atoms with van der Waals surface area (Å²) < 4.78 is 5.50. The molecule has 25 heavy (non-hydrogen) atoms. The van der Waals surface area contributed by atoms with Crippen LogP contribution in [0.4, 0.5) is 0 Å². The zero-order chi connectivity index (χ0) is 17.4. The van der Waals surface area contributed by atoms with Gasteiger partial charge in [0.05, 0.1) is 16.9 Å². The number of thioether (sulfide) groups is 6. The maximum absolute atomic E-state index is 10.1. The Hall–Kier alpha value is -0.250. The summed E-state index contributed by atoms with van der Waals surface area (Å²) in [6, 6.07) is 7.66. The van der Waals surface area contributed by atoms with Crippen LogP contribution in [0, 0.1) is 0 Å². The van der Waals surface area contributed by atoms with Crippen molar-refractivity contribution < 1.29 is 5.11 Å². The molecule has 0 fully saturated rings. The molecule has 0 unspecified atom stereocenters. The lowest BCUT2D eigenvalue weighted by atomic mass is 10.1. The highest BCUT2D eigenvalue weighted by atomic mass is 32.3. The number of hydrogen-bond acceptors (Lipinski definition) is 8. The zero-order valence-corrected chi connectivity index (χ0v) is 18.2. The summed E-state index contributed by atoms with van der Waals surface area (Å²) in [6.07, 6.45) is 6.00. The van der Waals surface area contributed by atoms with Crippen LogP contribution in [0.25, 0.3) is 15.8 Å². The topological polar surface area (TPSA) is 33.1 Å². The minimum atomic E-state index is 0.231. The third-order valence-corrected chi connectivity index (χ3v) is 11.7. The van der Waals surface area contributed by atoms with Gasteiger partial charge in [-0.3, -0.25) is 4.98 Å². The van der Waals surface area contributed by atoms with E-state index in [0.29, 0.717) is 5.52 Å². The predicted molar refractivity (Wildman–Crippen MR) is 123 cm³/mol. The van der Waals surface area contributed by atoms with Gasteiger partial charge in [0.25, 0.3) is 0 Å². The summed E-state index contributed by atoms with van der Waals surface area (Å²) >= 11 is 11.0. The molecule has 0 radical (unpaired) electrons. The fourth-order valence-corrected chi connectivity index (χ4v) is 10.1. The van der Waals surface area contributed by atoms with Crippen molar-refractivity contribution in [2.75, 3.05) is 12.5 Å². The van der Waals surface area contributed by atoms with E-state index in [1.165, 1.54) is 21.9 Å². The van der Waals surface area contributed by atoms with E-state index in [1.54, 1.807) is 24.0 Å². The maximum atomic E-state index is 10.1. The molecule has 2 aliphatic heterocycles. The SMILES string of the molecule is CSC1=C(SC)SC(=C2SC=C(c3ccc(O)c4ncccc34)S2)S1. The summed E-state index contributed by atoms with van der Waals surface area (Å²) in [5, 5.41) is 13.3. The van der Waals surface area contributed by atoms with Crippen LogP contribution in [0.1, 0.15) is 5.56 Å². The Bertz CT molecular complexity index is 931. The number of fused-ring (bicyclic) bond motifs is 1. The van der Waals surface area contributed by atoms with Crippen LogP contribution in [-0.2, 0) is 0 Å². The van der Waals surface area contributed by atoms with Crippen molar-refractivity contribution in [1.29, 1.82) is 0 Å². The van der Waals surface area contributed by atoms with Crippen LogP contribution in [0.3, 0.4) is 0 Å². The first-order valence-electron chi connectivity index (χ1n) is 7.25. The molecule has 1 aromatic carbocycles. The van der Waals surface area contributed by atoms with Crippen molar-refractivity contribution in [3.05, 3.63) is 58.4 Å². The van der Waals surface area contributed by atoms with Crippen LogP contribution >= 0.6 is 70.6 Å². The Morgan fingerprint density at radius 3 is 2.44 bits per heavy atom. The number of benzene rings is 1. The Kier molecular flexibility index (Phi) is 5.64. The lowest BCUT2D eigenvalue weighted by Crippen LogP contribution is -1.85. The smallest absolute Gasteiger partial charge is 0.141 e. The van der Waals surface area contributed by atoms with Gasteiger partial charge < -0.3 is 5.11 Å². The maximum Gasteiger partial charge on any atom is 0.141 e. The number of aromatic hydroxyl groups is 1. The summed E-state index contributed by atoms with van der Waals surface area (Å²) in [4.78, 5) is 5.54. The molecule has 128 valence electrons. The van der Waals surface area contributed by atoms with Gasteiger partial charge in [-0.1, -0.05) is 53.1 Å². The molecule has 0 bridgehead atoms. The van der Waals surface area contributed by atoms with E-state index in [0.717, 1.165) is 10.9 Å². The van der Waals surface area contributed by atoms with E-state index in [4.69, 9.17) is 0 Å². The predicted octanol–water partition coefficient (Wildman–Crippen LogP) is 7.18. The Labute approximate surface area is 172 Å². The number of nitrogens with zero attached hydrogens (tertiary/aromatic N) is 1. The van der Waals surface area contributed by atoms with Gasteiger partial charge in [-0.25, -0.2) is 0 Å². The standard InChI is InChI=1S/C17H13NOS6/c1-20-14-15(21-2)25-17(24-14)16-22-8-12(23-16)9-5-6-11(19)13-10(9)4-3-7-18-13/h3-8,19H,1-2H3. The second-order valence-electron chi connectivity index (χ2n) is 5.00. The highest BCUT2D eigenvalue weighted by Gasteiger charge is 2.27. The average Bonchev–Trinajstić information content (AvgIpc) is 3.28. The first-order valence-corrected chi connectivity index (χ1v) is 13.0. The van der Waals surface area contributed by atoms with Crippen LogP contribution in [0.15, 0.2) is 52.8 Å². The fourth-order valence-electron chi connectivity index (χ4n) is 2.44. The van der Waals surface area contributed by atoms with Gasteiger partial charge in [0.1, 0.15) is 11.3 Å². The minimum absolute atomic E-state index is 0.231. The monoisotopic (exact) mass is 439 g/mol. The number of phenolic OH excluding ortho intramolecular Hbond substituents is 1. The molecular formula is C17H13NOS6. The Morgan fingerprint density at radius 1 is 0.960 bits per heavy atom. The molecule has 4 rings (SSSR count). The van der Waals surface area contributed by atoms with E-state index in [2.05, 4.69) is 22.9 Å². The zero-order valence-electron chi connectivity index (χ0n) is 13.3. The van der Waals surface area contributed by atoms with Gasteiger partial charge in [0, 0.05) is 16.5 Å². The molecular weight excluding hydrogens is 427 g/mol. The number of rotatable bonds is 3. The van der Waals surface area contributed by atoms with Crippen LogP contribution in [0.5, 0.6) is 5.75 Å². The molecule has 0 amide bonds. The minimum Gasteiger partial charge on any atom is -0.506 e. The lowest BCUT2D eigenvalue weighted by molar-refractivity contribution is 0.480. The number of aromatic nitrogens is 1. The molecule has 0 spiro atoms. The van der Waals surface area contributed by atoms with E-state index in [9.17, 15) is 5.11 Å². The molecule has 2 nitrogen and oxygen atoms in total. The third kappa shape index (κ3) is 3.49. The first kappa shape index (κ1) is 18.1. The van der Waals surface area contributed by atoms with Gasteiger partial charge in [0.2, 0.25) is 0 Å². The van der Waals surface area contributed by atoms with Gasteiger partial charge in [0.15, 0.2) is 0 Å². The molecule has 2 aromatic rings. The number of pyridine rings is 1. The summed E-state index contributed by atoms with van der Waals surface area (Å²) in [6.45, 7) is 0. The highest BCUT2D eigenvalue weighted by Crippen LogP contribution is 2.62. The van der Waals surface area contributed by atoms with Crippen LogP contribution < -0.4 is 0 Å². The molecule has 3 heterocycles. The van der Waals surface area contributed by atoms with Gasteiger partial charge in [-0.15, -0.1) is 23.5 Å². The Balaban J connectivity index is 1.64. The molecule has 2 aliphatic rings. The molecule has 8 heteroatoms. The van der Waals surface area contributed by atoms with E-state index >= 15 is 0 Å². The average molecular weight is 440 g/mol. The number of phenols is 1. The quantitative estimate of drug-likeness (QED) is 0.538. The molecule has 0 aliphatic carbocycles. The summed E-state index contributed by atoms with van der Waals surface area (Å²) in [5.74, 6) is 0.231. The second-order valence-corrected chi connectivity index (χ2v) is 11.6. The van der Waals surface area contributed by atoms with Crippen molar-refractivity contribution in [1.82, 2.24) is 4.98 Å². The van der Waals surface area contributed by atoms with Crippen molar-refractivity contribution in [2.45, 2.75) is 0 Å². The van der Waals surface area contributed by atoms with Crippen molar-refractivity contribution in [3.8, 4) is 5.75 Å². The fraction of sp³-hybridized carbons (Fsp3) is 0.118. The molecule has 0 saturated carbocycles. The van der Waals surface area contributed by atoms with Crippen molar-refractivity contribution >= 4 is 86.4 Å². The van der Waals surface area contributed by atoms with E-state index in [-0.39, 0.29) is 5.75 Å². The molecule has 1 N–H and O–H groups in total. The molecule has 0 saturated heterocycles. The van der Waals surface area contributed by atoms with E-state index in [1.807, 2.05) is 77.0 Å². The third-order valence-electron chi connectivity index (χ3n) is 3.56. The van der Waals surface area contributed by atoms with Gasteiger partial charge in [-0.2, -0.15) is 0 Å². The van der Waals surface area contributed by atoms with E-state index < -0.39 is 0 Å². The van der Waals surface area contributed by atoms with Crippen molar-refractivity contribution in [2.24, 2.45) is 0 Å². The second kappa shape index (κ2) is 7.78. The van der Waals surface area contributed by atoms with Gasteiger partial charge >= 0.3 is 0 Å². The number of hydrogen-bond donors (Lipinski definition) is 1. The Morgan fingerprint density at radius 2 is 1.72 bits per heavy atom. The summed E-state index contributed by atoms with van der Waals surface area (Å²) in [5.41, 5.74) is 1.79. The highest BCUT2D eigenvalue weighted by molar-refractivity contribution is 8.42. The lowest BCUT2D eigenvalue weighted by Gasteiger charge is -2.08. The normalized spacial score (nSPS) is 17.8. The van der Waals surface area contributed by atoms with Crippen molar-refractivity contribution in [3.63, 3.8) is 0 Å². The van der Waals surface area contributed by atoms with Crippen LogP contribution in [0.2, 0.25) is 0 Å². The molecule has 0 atom stereocenters. The largest absolute Gasteiger partial charge is 0.506 e. The van der Waals surface area contributed by atoms with Crippen LogP contribution in [-0.4, -0.2) is 22.6 Å². The molecule has 1 aromatic heterocycles.